The highest BCUT2D eigenvalue weighted by Crippen LogP contribution is 2.31. The lowest BCUT2D eigenvalue weighted by molar-refractivity contribution is 0.0465. The number of benzene rings is 1. The second-order valence-corrected chi connectivity index (χ2v) is 7.32. The summed E-state index contributed by atoms with van der Waals surface area (Å²) in [6.45, 7) is 8.39. The van der Waals surface area contributed by atoms with E-state index in [1.165, 1.54) is 12.8 Å². The van der Waals surface area contributed by atoms with E-state index < -0.39 is 0 Å². The molecule has 0 aromatic heterocycles. The summed E-state index contributed by atoms with van der Waals surface area (Å²) >= 11 is 0. The zero-order valence-corrected chi connectivity index (χ0v) is 14.8. The number of rotatable bonds is 6. The van der Waals surface area contributed by atoms with Crippen LogP contribution in [0.5, 0.6) is 11.5 Å². The average molecular weight is 334 g/mol. The van der Waals surface area contributed by atoms with E-state index in [0.29, 0.717) is 25.1 Å². The third-order valence-corrected chi connectivity index (χ3v) is 4.92. The van der Waals surface area contributed by atoms with Crippen LogP contribution in [0.2, 0.25) is 0 Å². The van der Waals surface area contributed by atoms with Gasteiger partial charge in [0.05, 0.1) is 6.10 Å². The molecule has 0 amide bonds. The predicted octanol–water partition coefficient (Wildman–Crippen LogP) is 1.90. The van der Waals surface area contributed by atoms with E-state index >= 15 is 0 Å². The van der Waals surface area contributed by atoms with Gasteiger partial charge in [0.25, 0.3) is 0 Å². The molecule has 1 unspecified atom stereocenters. The van der Waals surface area contributed by atoms with Gasteiger partial charge in [0, 0.05) is 25.7 Å². The maximum Gasteiger partial charge on any atom is 0.161 e. The van der Waals surface area contributed by atoms with E-state index in [1.807, 2.05) is 24.3 Å². The standard InChI is InChI=1S/C19H30N2O3/c1-14(2)17(22)10-20-15-6-5-9-21(11-15)12-16-13-23-18-7-3-4-8-19(18)24-16/h3-4,7-8,14-17,20,22H,5-6,9-13H2,1-2H3/t15-,16-,17?/m0/s1. The van der Waals surface area contributed by atoms with Gasteiger partial charge in [-0.25, -0.2) is 0 Å². The third kappa shape index (κ3) is 4.62. The van der Waals surface area contributed by atoms with Crippen LogP contribution in [-0.2, 0) is 0 Å². The molecule has 3 atom stereocenters. The Morgan fingerprint density at radius 1 is 1.29 bits per heavy atom. The highest BCUT2D eigenvalue weighted by molar-refractivity contribution is 5.40. The molecule has 1 aromatic carbocycles. The van der Waals surface area contributed by atoms with Crippen molar-refractivity contribution in [3.05, 3.63) is 24.3 Å². The number of nitrogens with one attached hydrogen (secondary N) is 1. The number of aliphatic hydroxyl groups excluding tert-OH is 1. The molecule has 0 spiro atoms. The normalized spacial score (nSPS) is 25.7. The largest absolute Gasteiger partial charge is 0.486 e. The van der Waals surface area contributed by atoms with Crippen molar-refractivity contribution in [1.29, 1.82) is 0 Å². The zero-order chi connectivity index (χ0) is 16.9. The molecule has 2 N–H and O–H groups in total. The van der Waals surface area contributed by atoms with Gasteiger partial charge in [-0.2, -0.15) is 0 Å². The van der Waals surface area contributed by atoms with E-state index in [2.05, 4.69) is 24.1 Å². The molecule has 2 aliphatic heterocycles. The third-order valence-electron chi connectivity index (χ3n) is 4.92. The van der Waals surface area contributed by atoms with Crippen molar-refractivity contribution in [2.75, 3.05) is 32.8 Å². The van der Waals surface area contributed by atoms with Gasteiger partial charge in [-0.15, -0.1) is 0 Å². The van der Waals surface area contributed by atoms with Gasteiger partial charge in [0.1, 0.15) is 12.7 Å². The second kappa shape index (κ2) is 8.19. The number of hydrogen-bond donors (Lipinski definition) is 2. The lowest BCUT2D eigenvalue weighted by Crippen LogP contribution is -2.51. The predicted molar refractivity (Wildman–Crippen MR) is 94.7 cm³/mol. The Kier molecular flexibility index (Phi) is 5.98. The van der Waals surface area contributed by atoms with Gasteiger partial charge in [0.2, 0.25) is 0 Å². The Labute approximate surface area is 144 Å². The molecule has 0 aliphatic carbocycles. The summed E-state index contributed by atoms with van der Waals surface area (Å²) in [5.41, 5.74) is 0. The van der Waals surface area contributed by atoms with Crippen LogP contribution in [0.25, 0.3) is 0 Å². The molecule has 2 heterocycles. The Balaban J connectivity index is 1.46. The molecule has 0 saturated carbocycles. The molecule has 5 heteroatoms. The van der Waals surface area contributed by atoms with Crippen LogP contribution < -0.4 is 14.8 Å². The van der Waals surface area contributed by atoms with Gasteiger partial charge in [-0.05, 0) is 37.4 Å². The van der Waals surface area contributed by atoms with Crippen LogP contribution in [0, 0.1) is 5.92 Å². The van der Waals surface area contributed by atoms with E-state index in [9.17, 15) is 5.11 Å². The molecule has 0 bridgehead atoms. The zero-order valence-electron chi connectivity index (χ0n) is 14.8. The molecule has 5 nitrogen and oxygen atoms in total. The maximum atomic E-state index is 9.96. The first-order chi connectivity index (χ1) is 11.6. The number of ether oxygens (including phenoxy) is 2. The Morgan fingerprint density at radius 2 is 2.08 bits per heavy atom. The van der Waals surface area contributed by atoms with E-state index in [-0.39, 0.29) is 12.2 Å². The van der Waals surface area contributed by atoms with Crippen LogP contribution in [-0.4, -0.2) is 61.0 Å². The molecule has 1 aromatic rings. The number of aliphatic hydroxyl groups is 1. The minimum Gasteiger partial charge on any atom is -0.486 e. The summed E-state index contributed by atoms with van der Waals surface area (Å²) < 4.78 is 11.9. The molecule has 2 aliphatic rings. The van der Waals surface area contributed by atoms with Crippen LogP contribution in [0.1, 0.15) is 26.7 Å². The molecule has 1 fully saturated rings. The summed E-state index contributed by atoms with van der Waals surface area (Å²) in [6.07, 6.45) is 2.16. The average Bonchev–Trinajstić information content (AvgIpc) is 2.60. The first kappa shape index (κ1) is 17.5. The highest BCUT2D eigenvalue weighted by atomic mass is 16.6. The van der Waals surface area contributed by atoms with E-state index in [1.54, 1.807) is 0 Å². The molecule has 3 rings (SSSR count). The van der Waals surface area contributed by atoms with Crippen molar-refractivity contribution in [3.8, 4) is 11.5 Å². The van der Waals surface area contributed by atoms with Crippen LogP contribution in [0.3, 0.4) is 0 Å². The van der Waals surface area contributed by atoms with Crippen LogP contribution in [0.15, 0.2) is 24.3 Å². The Bertz CT molecular complexity index is 523. The minimum atomic E-state index is -0.271. The van der Waals surface area contributed by atoms with Crippen molar-refractivity contribution < 1.29 is 14.6 Å². The smallest absolute Gasteiger partial charge is 0.161 e. The van der Waals surface area contributed by atoms with Crippen LogP contribution >= 0.6 is 0 Å². The number of nitrogens with zero attached hydrogens (tertiary/aromatic N) is 1. The van der Waals surface area contributed by atoms with E-state index in [0.717, 1.165) is 31.1 Å². The van der Waals surface area contributed by atoms with Crippen molar-refractivity contribution in [1.82, 2.24) is 10.2 Å². The molecule has 1 saturated heterocycles. The number of para-hydroxylation sites is 2. The summed E-state index contributed by atoms with van der Waals surface area (Å²) in [5, 5.41) is 13.5. The minimum absolute atomic E-state index is 0.0832. The lowest BCUT2D eigenvalue weighted by atomic mass is 10.0. The molecular formula is C19H30N2O3. The molecule has 24 heavy (non-hydrogen) atoms. The van der Waals surface area contributed by atoms with Gasteiger partial charge in [-0.3, -0.25) is 4.90 Å². The topological polar surface area (TPSA) is 54.0 Å². The SMILES string of the molecule is CC(C)C(O)CN[C@H]1CCCN(C[C@H]2COc3ccccc3O2)C1. The summed E-state index contributed by atoms with van der Waals surface area (Å²) in [6, 6.07) is 8.31. The molecular weight excluding hydrogens is 304 g/mol. The highest BCUT2D eigenvalue weighted by Gasteiger charge is 2.26. The van der Waals surface area contributed by atoms with Crippen molar-refractivity contribution in [3.63, 3.8) is 0 Å². The van der Waals surface area contributed by atoms with Crippen molar-refractivity contribution >= 4 is 0 Å². The number of fused-ring (bicyclic) bond motifs is 1. The van der Waals surface area contributed by atoms with Gasteiger partial charge < -0.3 is 19.9 Å². The lowest BCUT2D eigenvalue weighted by Gasteiger charge is -2.37. The fourth-order valence-electron chi connectivity index (χ4n) is 3.35. The Morgan fingerprint density at radius 3 is 2.88 bits per heavy atom. The monoisotopic (exact) mass is 334 g/mol. The number of piperidine rings is 1. The summed E-state index contributed by atoms with van der Waals surface area (Å²) in [4.78, 5) is 2.45. The van der Waals surface area contributed by atoms with Crippen LogP contribution in [0.4, 0.5) is 0 Å². The second-order valence-electron chi connectivity index (χ2n) is 7.32. The van der Waals surface area contributed by atoms with Gasteiger partial charge in [0.15, 0.2) is 11.5 Å². The number of likely N-dealkylation sites (tertiary alicyclic amines) is 1. The molecule has 134 valence electrons. The summed E-state index contributed by atoms with van der Waals surface area (Å²) in [5.74, 6) is 1.99. The summed E-state index contributed by atoms with van der Waals surface area (Å²) in [7, 11) is 0. The first-order valence-electron chi connectivity index (χ1n) is 9.14. The van der Waals surface area contributed by atoms with Gasteiger partial charge in [-0.1, -0.05) is 26.0 Å². The fraction of sp³-hybridized carbons (Fsp3) is 0.684. The number of hydrogen-bond acceptors (Lipinski definition) is 5. The molecule has 0 radical (unpaired) electrons. The Hall–Kier alpha value is -1.30. The van der Waals surface area contributed by atoms with E-state index in [4.69, 9.17) is 9.47 Å². The first-order valence-corrected chi connectivity index (χ1v) is 9.14. The van der Waals surface area contributed by atoms with Crippen molar-refractivity contribution in [2.24, 2.45) is 5.92 Å². The van der Waals surface area contributed by atoms with Gasteiger partial charge >= 0.3 is 0 Å². The van der Waals surface area contributed by atoms with Crippen molar-refractivity contribution in [2.45, 2.75) is 44.9 Å². The maximum absolute atomic E-state index is 9.96. The quantitative estimate of drug-likeness (QED) is 0.832. The fourth-order valence-corrected chi connectivity index (χ4v) is 3.35.